The van der Waals surface area contributed by atoms with E-state index in [-0.39, 0.29) is 18.9 Å². The molecular formula is C22H23NO4S. The number of hydrogen-bond donors (Lipinski definition) is 2. The van der Waals surface area contributed by atoms with Gasteiger partial charge in [-0.05, 0) is 28.7 Å². The lowest BCUT2D eigenvalue weighted by molar-refractivity contribution is -0.138. The second-order valence-corrected chi connectivity index (χ2v) is 9.05. The molecule has 28 heavy (non-hydrogen) atoms. The van der Waals surface area contributed by atoms with E-state index in [1.54, 1.807) is 11.8 Å². The number of amides is 1. The molecule has 1 heterocycles. The number of alkyl carbamates (subject to hydrolysis) is 1. The molecule has 2 aromatic rings. The van der Waals surface area contributed by atoms with E-state index in [1.165, 1.54) is 11.1 Å². The monoisotopic (exact) mass is 397 g/mol. The van der Waals surface area contributed by atoms with E-state index in [0.29, 0.717) is 17.4 Å². The minimum atomic E-state index is -0.909. The summed E-state index contributed by atoms with van der Waals surface area (Å²) >= 11 is 1.68. The van der Waals surface area contributed by atoms with Crippen molar-refractivity contribution < 1.29 is 19.4 Å². The molecule has 6 heteroatoms. The molecule has 1 aliphatic carbocycles. The Balaban J connectivity index is 1.47. The number of fused-ring (bicyclic) bond motifs is 3. The van der Waals surface area contributed by atoms with Gasteiger partial charge < -0.3 is 15.2 Å². The molecule has 2 aliphatic rings. The highest BCUT2D eigenvalue weighted by molar-refractivity contribution is 8.00. The smallest absolute Gasteiger partial charge is 0.407 e. The van der Waals surface area contributed by atoms with Gasteiger partial charge in [-0.2, -0.15) is 11.8 Å². The van der Waals surface area contributed by atoms with Crippen molar-refractivity contribution in [1.82, 2.24) is 5.32 Å². The fraction of sp³-hybridized carbons (Fsp3) is 0.364. The molecule has 0 radical (unpaired) electrons. The average molecular weight is 397 g/mol. The second kappa shape index (κ2) is 7.51. The van der Waals surface area contributed by atoms with E-state index < -0.39 is 17.6 Å². The lowest BCUT2D eigenvalue weighted by Crippen LogP contribution is -2.50. The maximum absolute atomic E-state index is 12.5. The number of nitrogens with one attached hydrogen (secondary N) is 1. The van der Waals surface area contributed by atoms with Crippen LogP contribution in [0, 0.1) is 0 Å². The SMILES string of the molecule is CC1CC(CC(=O)O)(NC(=O)OCC2c3ccccc3-c3ccccc32)CS1. The maximum atomic E-state index is 12.5. The number of carboxylic acids is 1. The van der Waals surface area contributed by atoms with Crippen LogP contribution in [0.1, 0.15) is 36.8 Å². The Hall–Kier alpha value is -2.47. The number of ether oxygens (including phenoxy) is 1. The summed E-state index contributed by atoms with van der Waals surface area (Å²) in [6, 6.07) is 16.3. The molecule has 0 saturated carbocycles. The molecule has 146 valence electrons. The molecule has 2 unspecified atom stereocenters. The molecule has 0 aromatic heterocycles. The molecule has 5 nitrogen and oxygen atoms in total. The topological polar surface area (TPSA) is 75.6 Å². The van der Waals surface area contributed by atoms with Crippen LogP contribution in [-0.4, -0.2) is 40.3 Å². The van der Waals surface area contributed by atoms with Gasteiger partial charge >= 0.3 is 12.1 Å². The molecule has 0 bridgehead atoms. The van der Waals surface area contributed by atoms with Gasteiger partial charge in [-0.3, -0.25) is 4.79 Å². The van der Waals surface area contributed by atoms with E-state index in [1.807, 2.05) is 31.2 Å². The molecule has 0 spiro atoms. The van der Waals surface area contributed by atoms with Gasteiger partial charge in [0, 0.05) is 16.9 Å². The van der Waals surface area contributed by atoms with Gasteiger partial charge in [0.2, 0.25) is 0 Å². The van der Waals surface area contributed by atoms with Crippen LogP contribution in [0.2, 0.25) is 0 Å². The molecule has 2 aromatic carbocycles. The van der Waals surface area contributed by atoms with Crippen molar-refractivity contribution in [2.24, 2.45) is 0 Å². The Morgan fingerprint density at radius 3 is 2.29 bits per heavy atom. The summed E-state index contributed by atoms with van der Waals surface area (Å²) < 4.78 is 5.59. The first kappa shape index (κ1) is 18.9. The average Bonchev–Trinajstić information content (AvgIpc) is 3.17. The van der Waals surface area contributed by atoms with Gasteiger partial charge in [0.05, 0.1) is 12.0 Å². The molecular weight excluding hydrogens is 374 g/mol. The van der Waals surface area contributed by atoms with E-state index in [0.717, 1.165) is 11.1 Å². The predicted molar refractivity (Wildman–Crippen MR) is 110 cm³/mol. The van der Waals surface area contributed by atoms with Gasteiger partial charge in [0.1, 0.15) is 6.61 Å². The van der Waals surface area contributed by atoms with Crippen molar-refractivity contribution in [1.29, 1.82) is 0 Å². The molecule has 1 amide bonds. The van der Waals surface area contributed by atoms with Crippen LogP contribution in [0.3, 0.4) is 0 Å². The van der Waals surface area contributed by atoms with E-state index >= 15 is 0 Å². The van der Waals surface area contributed by atoms with Crippen molar-refractivity contribution >= 4 is 23.8 Å². The molecule has 1 aliphatic heterocycles. The van der Waals surface area contributed by atoms with Crippen molar-refractivity contribution in [2.75, 3.05) is 12.4 Å². The Labute approximate surface area is 168 Å². The molecule has 4 rings (SSSR count). The first-order valence-electron chi connectivity index (χ1n) is 9.44. The van der Waals surface area contributed by atoms with Gasteiger partial charge in [-0.1, -0.05) is 55.5 Å². The summed E-state index contributed by atoms with van der Waals surface area (Å²) in [5.74, 6) is -0.330. The van der Waals surface area contributed by atoms with Crippen molar-refractivity contribution in [3.05, 3.63) is 59.7 Å². The van der Waals surface area contributed by atoms with E-state index in [2.05, 4.69) is 29.6 Å². The van der Waals surface area contributed by atoms with Crippen LogP contribution >= 0.6 is 11.8 Å². The van der Waals surface area contributed by atoms with Gasteiger partial charge in [0.25, 0.3) is 0 Å². The molecule has 1 saturated heterocycles. The van der Waals surface area contributed by atoms with Crippen LogP contribution in [0.4, 0.5) is 4.79 Å². The maximum Gasteiger partial charge on any atom is 0.407 e. The van der Waals surface area contributed by atoms with E-state index in [9.17, 15) is 14.7 Å². The summed E-state index contributed by atoms with van der Waals surface area (Å²) in [6.45, 7) is 2.28. The second-order valence-electron chi connectivity index (χ2n) is 7.63. The lowest BCUT2D eigenvalue weighted by atomic mass is 9.92. The normalized spacial score (nSPS) is 23.1. The van der Waals surface area contributed by atoms with Gasteiger partial charge in [-0.25, -0.2) is 4.79 Å². The molecule has 2 atom stereocenters. The first-order chi connectivity index (χ1) is 13.5. The highest BCUT2D eigenvalue weighted by atomic mass is 32.2. The largest absolute Gasteiger partial charge is 0.481 e. The Bertz CT molecular complexity index is 869. The lowest BCUT2D eigenvalue weighted by Gasteiger charge is -2.28. The predicted octanol–water partition coefficient (Wildman–Crippen LogP) is 4.26. The summed E-state index contributed by atoms with van der Waals surface area (Å²) in [5.41, 5.74) is 3.92. The van der Waals surface area contributed by atoms with Gasteiger partial charge in [-0.15, -0.1) is 0 Å². The third kappa shape index (κ3) is 3.61. The Kier molecular flexibility index (Phi) is 5.06. The first-order valence-corrected chi connectivity index (χ1v) is 10.5. The summed E-state index contributed by atoms with van der Waals surface area (Å²) in [7, 11) is 0. The number of rotatable bonds is 5. The zero-order valence-corrected chi connectivity index (χ0v) is 16.5. The van der Waals surface area contributed by atoms with Crippen LogP contribution in [-0.2, 0) is 9.53 Å². The number of carboxylic acid groups (broad SMARTS) is 1. The third-order valence-electron chi connectivity index (χ3n) is 5.52. The third-order valence-corrected chi connectivity index (χ3v) is 6.98. The van der Waals surface area contributed by atoms with Crippen molar-refractivity contribution in [2.45, 2.75) is 36.5 Å². The number of carbonyl (C=O) groups is 2. The Morgan fingerprint density at radius 1 is 1.14 bits per heavy atom. The Morgan fingerprint density at radius 2 is 1.75 bits per heavy atom. The van der Waals surface area contributed by atoms with Crippen LogP contribution in [0.5, 0.6) is 0 Å². The highest BCUT2D eigenvalue weighted by Gasteiger charge is 2.42. The van der Waals surface area contributed by atoms with Crippen molar-refractivity contribution in [3.63, 3.8) is 0 Å². The number of hydrogen-bond acceptors (Lipinski definition) is 4. The summed E-state index contributed by atoms with van der Waals surface area (Å²) in [5, 5.41) is 12.4. The number of aliphatic carboxylic acids is 1. The zero-order valence-electron chi connectivity index (χ0n) is 15.7. The fourth-order valence-corrected chi connectivity index (χ4v) is 5.70. The summed E-state index contributed by atoms with van der Waals surface area (Å²) in [6.07, 6.45) is 0.000650. The van der Waals surface area contributed by atoms with Crippen LogP contribution in [0.15, 0.2) is 48.5 Å². The summed E-state index contributed by atoms with van der Waals surface area (Å²) in [4.78, 5) is 23.8. The van der Waals surface area contributed by atoms with Gasteiger partial charge in [0.15, 0.2) is 0 Å². The molecule has 2 N–H and O–H groups in total. The number of carbonyl (C=O) groups excluding carboxylic acids is 1. The van der Waals surface area contributed by atoms with E-state index in [4.69, 9.17) is 4.74 Å². The van der Waals surface area contributed by atoms with Crippen molar-refractivity contribution in [3.8, 4) is 11.1 Å². The standard InChI is InChI=1S/C22H23NO4S/c1-14-10-22(13-28-14,11-20(24)25)23-21(26)27-12-19-17-8-4-2-6-15(17)16-7-3-5-9-18(16)19/h2-9,14,19H,10-13H2,1H3,(H,23,26)(H,24,25). The molecule has 1 fully saturated rings. The minimum Gasteiger partial charge on any atom is -0.481 e. The van der Waals surface area contributed by atoms with Crippen LogP contribution in [0.25, 0.3) is 11.1 Å². The number of thioether (sulfide) groups is 1. The zero-order chi connectivity index (χ0) is 19.7. The number of benzene rings is 2. The van der Waals surface area contributed by atoms with Crippen LogP contribution < -0.4 is 5.32 Å². The fourth-order valence-electron chi connectivity index (χ4n) is 4.36. The highest BCUT2D eigenvalue weighted by Crippen LogP contribution is 2.44. The minimum absolute atomic E-state index is 0.00884. The quantitative estimate of drug-likeness (QED) is 0.788.